The molecule has 1 aromatic heterocycles. The second-order valence-electron chi connectivity index (χ2n) is 4.70. The van der Waals surface area contributed by atoms with Gasteiger partial charge in [0, 0.05) is 18.0 Å². The van der Waals surface area contributed by atoms with E-state index in [0.29, 0.717) is 6.42 Å². The van der Waals surface area contributed by atoms with Crippen LogP contribution < -0.4 is 0 Å². The molecule has 0 radical (unpaired) electrons. The van der Waals surface area contributed by atoms with E-state index in [1.807, 2.05) is 19.1 Å². The second-order valence-corrected chi connectivity index (χ2v) is 4.70. The maximum atomic E-state index is 9.79. The topological polar surface area (TPSA) is 46.0 Å². The Labute approximate surface area is 110 Å². The van der Waals surface area contributed by atoms with Gasteiger partial charge in [-0.2, -0.15) is 0 Å². The Balaban J connectivity index is 2.21. The van der Waals surface area contributed by atoms with Gasteiger partial charge in [-0.05, 0) is 19.8 Å². The summed E-state index contributed by atoms with van der Waals surface area (Å²) in [4.78, 5) is 8.24. The molecular weight excluding hydrogens is 224 g/mol. The van der Waals surface area contributed by atoms with E-state index in [9.17, 15) is 5.11 Å². The Bertz CT molecular complexity index is 346. The first-order chi connectivity index (χ1) is 8.72. The van der Waals surface area contributed by atoms with Gasteiger partial charge in [0.05, 0.1) is 6.10 Å². The van der Waals surface area contributed by atoms with Crippen molar-refractivity contribution in [2.75, 3.05) is 0 Å². The van der Waals surface area contributed by atoms with Crippen LogP contribution in [0.4, 0.5) is 0 Å². The summed E-state index contributed by atoms with van der Waals surface area (Å²) in [5.74, 6) is 0.781. The van der Waals surface area contributed by atoms with Crippen LogP contribution in [0.15, 0.2) is 18.5 Å². The zero-order chi connectivity index (χ0) is 13.2. The Morgan fingerprint density at radius 2 is 1.94 bits per heavy atom. The molecule has 0 spiro atoms. The van der Waals surface area contributed by atoms with Crippen LogP contribution in [0.3, 0.4) is 0 Å². The molecule has 1 heterocycles. The molecule has 3 nitrogen and oxygen atoms in total. The van der Waals surface area contributed by atoms with Gasteiger partial charge in [0.2, 0.25) is 0 Å². The molecule has 0 unspecified atom stereocenters. The van der Waals surface area contributed by atoms with Gasteiger partial charge in [-0.15, -0.1) is 0 Å². The Kier molecular flexibility index (Phi) is 7.26. The van der Waals surface area contributed by atoms with E-state index < -0.39 is 0 Å². The lowest BCUT2D eigenvalue weighted by atomic mass is 10.1. The summed E-state index contributed by atoms with van der Waals surface area (Å²) < 4.78 is 0. The highest BCUT2D eigenvalue weighted by molar-refractivity contribution is 5.46. The van der Waals surface area contributed by atoms with Gasteiger partial charge in [-0.1, -0.05) is 44.8 Å². The number of nitrogens with zero attached hydrogens (tertiary/aromatic N) is 2. The van der Waals surface area contributed by atoms with E-state index in [1.54, 1.807) is 12.4 Å². The fourth-order valence-corrected chi connectivity index (χ4v) is 1.77. The minimum absolute atomic E-state index is 0.218. The highest BCUT2D eigenvalue weighted by Crippen LogP contribution is 2.09. The van der Waals surface area contributed by atoms with Crippen molar-refractivity contribution >= 4 is 6.08 Å². The van der Waals surface area contributed by atoms with Gasteiger partial charge in [0.15, 0.2) is 0 Å². The number of aryl methyl sites for hydroxylation is 1. The maximum Gasteiger partial charge on any atom is 0.125 e. The fraction of sp³-hybridized carbons (Fsp3) is 0.600. The Morgan fingerprint density at radius 3 is 2.61 bits per heavy atom. The number of hydrogen-bond donors (Lipinski definition) is 1. The van der Waals surface area contributed by atoms with Crippen LogP contribution in [0.25, 0.3) is 6.08 Å². The molecule has 0 bridgehead atoms. The van der Waals surface area contributed by atoms with Crippen LogP contribution in [0, 0.1) is 6.92 Å². The van der Waals surface area contributed by atoms with Crippen molar-refractivity contribution in [3.63, 3.8) is 0 Å². The van der Waals surface area contributed by atoms with Crippen LogP contribution in [-0.4, -0.2) is 21.2 Å². The van der Waals surface area contributed by atoms with E-state index in [-0.39, 0.29) is 6.10 Å². The van der Waals surface area contributed by atoms with Crippen molar-refractivity contribution in [3.8, 4) is 0 Å². The Hall–Kier alpha value is -1.22. The van der Waals surface area contributed by atoms with Gasteiger partial charge in [-0.3, -0.25) is 0 Å². The normalized spacial score (nSPS) is 13.1. The molecule has 100 valence electrons. The largest absolute Gasteiger partial charge is 0.393 e. The molecule has 0 amide bonds. The zero-order valence-corrected chi connectivity index (χ0v) is 11.5. The summed E-state index contributed by atoms with van der Waals surface area (Å²) in [5.41, 5.74) is 0.985. The van der Waals surface area contributed by atoms with Gasteiger partial charge < -0.3 is 5.11 Å². The van der Waals surface area contributed by atoms with Crippen molar-refractivity contribution in [3.05, 3.63) is 29.9 Å². The standard InChI is InChI=1S/C15H24N2O/c1-3-4-5-6-9-15(18)10-7-8-14-11-16-13(2)17-12-14/h7-8,11-12,15,18H,3-6,9-10H2,1-2H3/b8-7+/t15-/m1/s1. The first-order valence-electron chi connectivity index (χ1n) is 6.85. The average molecular weight is 248 g/mol. The molecule has 0 aliphatic heterocycles. The average Bonchev–Trinajstić information content (AvgIpc) is 2.37. The van der Waals surface area contributed by atoms with Crippen molar-refractivity contribution in [2.45, 2.75) is 58.5 Å². The van der Waals surface area contributed by atoms with E-state index >= 15 is 0 Å². The molecule has 0 aliphatic carbocycles. The first kappa shape index (κ1) is 14.8. The van der Waals surface area contributed by atoms with E-state index in [1.165, 1.54) is 19.3 Å². The molecule has 1 aromatic rings. The lowest BCUT2D eigenvalue weighted by Crippen LogP contribution is -2.04. The van der Waals surface area contributed by atoms with Gasteiger partial charge in [0.25, 0.3) is 0 Å². The third-order valence-electron chi connectivity index (χ3n) is 2.91. The fourth-order valence-electron chi connectivity index (χ4n) is 1.77. The van der Waals surface area contributed by atoms with Crippen molar-refractivity contribution in [1.82, 2.24) is 9.97 Å². The highest BCUT2D eigenvalue weighted by Gasteiger charge is 2.00. The summed E-state index contributed by atoms with van der Waals surface area (Å²) >= 11 is 0. The van der Waals surface area contributed by atoms with Gasteiger partial charge in [0.1, 0.15) is 5.82 Å². The molecule has 1 atom stereocenters. The van der Waals surface area contributed by atoms with Gasteiger partial charge >= 0.3 is 0 Å². The third kappa shape index (κ3) is 6.50. The van der Waals surface area contributed by atoms with Crippen LogP contribution >= 0.6 is 0 Å². The Morgan fingerprint density at radius 1 is 1.22 bits per heavy atom. The monoisotopic (exact) mass is 248 g/mol. The molecule has 3 heteroatoms. The predicted molar refractivity (Wildman–Crippen MR) is 75.2 cm³/mol. The predicted octanol–water partition coefficient (Wildman–Crippen LogP) is 3.52. The van der Waals surface area contributed by atoms with E-state index in [4.69, 9.17) is 0 Å². The molecule has 0 saturated heterocycles. The number of rotatable bonds is 8. The smallest absolute Gasteiger partial charge is 0.125 e. The second kappa shape index (κ2) is 8.81. The van der Waals surface area contributed by atoms with Gasteiger partial charge in [-0.25, -0.2) is 9.97 Å². The quantitative estimate of drug-likeness (QED) is 0.716. The minimum atomic E-state index is -0.218. The van der Waals surface area contributed by atoms with Crippen molar-refractivity contribution in [2.24, 2.45) is 0 Å². The summed E-state index contributed by atoms with van der Waals surface area (Å²) in [6, 6.07) is 0. The van der Waals surface area contributed by atoms with Crippen molar-refractivity contribution < 1.29 is 5.11 Å². The van der Waals surface area contributed by atoms with Crippen molar-refractivity contribution in [1.29, 1.82) is 0 Å². The van der Waals surface area contributed by atoms with Crippen LogP contribution in [0.5, 0.6) is 0 Å². The summed E-state index contributed by atoms with van der Waals surface area (Å²) in [6.07, 6.45) is 13.8. The van der Waals surface area contributed by atoms with Crippen LogP contribution in [-0.2, 0) is 0 Å². The molecule has 1 rings (SSSR count). The molecule has 1 N–H and O–H groups in total. The molecule has 0 saturated carbocycles. The lowest BCUT2D eigenvalue weighted by Gasteiger charge is -2.06. The van der Waals surface area contributed by atoms with E-state index in [0.717, 1.165) is 24.2 Å². The molecular formula is C15H24N2O. The van der Waals surface area contributed by atoms with E-state index in [2.05, 4.69) is 16.9 Å². The summed E-state index contributed by atoms with van der Waals surface area (Å²) in [5, 5.41) is 9.79. The minimum Gasteiger partial charge on any atom is -0.393 e. The number of aliphatic hydroxyl groups is 1. The lowest BCUT2D eigenvalue weighted by molar-refractivity contribution is 0.164. The number of unbranched alkanes of at least 4 members (excludes halogenated alkanes) is 3. The number of hydrogen-bond acceptors (Lipinski definition) is 3. The number of aromatic nitrogens is 2. The molecule has 0 fully saturated rings. The van der Waals surface area contributed by atoms with Crippen LogP contribution in [0.2, 0.25) is 0 Å². The summed E-state index contributed by atoms with van der Waals surface area (Å²) in [7, 11) is 0. The molecule has 0 aromatic carbocycles. The number of aliphatic hydroxyl groups excluding tert-OH is 1. The highest BCUT2D eigenvalue weighted by atomic mass is 16.3. The first-order valence-corrected chi connectivity index (χ1v) is 6.85. The zero-order valence-electron chi connectivity index (χ0n) is 11.5. The summed E-state index contributed by atoms with van der Waals surface area (Å²) in [6.45, 7) is 4.07. The molecule has 18 heavy (non-hydrogen) atoms. The van der Waals surface area contributed by atoms with Crippen LogP contribution in [0.1, 0.15) is 56.8 Å². The SMILES string of the molecule is CCCCCC[C@@H](O)C/C=C/c1cnc(C)nc1. The third-order valence-corrected chi connectivity index (χ3v) is 2.91. The molecule has 0 aliphatic rings. The maximum absolute atomic E-state index is 9.79.